The molecule has 142 valence electrons. The molecule has 3 aromatic rings. The summed E-state index contributed by atoms with van der Waals surface area (Å²) in [5.41, 5.74) is 2.16. The van der Waals surface area contributed by atoms with E-state index in [0.717, 1.165) is 11.4 Å². The third-order valence-corrected chi connectivity index (χ3v) is 5.09. The van der Waals surface area contributed by atoms with Gasteiger partial charge in [-0.15, -0.1) is 10.2 Å². The van der Waals surface area contributed by atoms with Crippen LogP contribution in [0.3, 0.4) is 0 Å². The molecule has 1 N–H and O–H groups in total. The third kappa shape index (κ3) is 4.99. The molecule has 0 bridgehead atoms. The molecule has 0 saturated heterocycles. The molecule has 2 heterocycles. The van der Waals surface area contributed by atoms with Gasteiger partial charge in [0.1, 0.15) is 12.1 Å². The summed E-state index contributed by atoms with van der Waals surface area (Å²) in [5.74, 6) is 1.03. The smallest absolute Gasteiger partial charge is 0.230 e. The van der Waals surface area contributed by atoms with Crippen LogP contribution in [0.5, 0.6) is 0 Å². The number of aromatic nitrogens is 3. The predicted octanol–water partition coefficient (Wildman–Crippen LogP) is 2.68. The van der Waals surface area contributed by atoms with Gasteiger partial charge in [-0.1, -0.05) is 29.5 Å². The number of aryl methyl sites for hydroxylation is 1. The van der Waals surface area contributed by atoms with Crippen LogP contribution in [0.2, 0.25) is 0 Å². The quantitative estimate of drug-likeness (QED) is 0.601. The van der Waals surface area contributed by atoms with Gasteiger partial charge in [-0.05, 0) is 45.3 Å². The maximum atomic E-state index is 12.3. The molecule has 1 atom stereocenters. The first-order chi connectivity index (χ1) is 13.0. The molecule has 0 aliphatic heterocycles. The van der Waals surface area contributed by atoms with Crippen molar-refractivity contribution in [3.05, 3.63) is 60.3 Å². The number of carbonyl (C=O) groups excluding carboxylic acids is 1. The first-order valence-corrected chi connectivity index (χ1v) is 9.59. The van der Waals surface area contributed by atoms with Gasteiger partial charge in [-0.3, -0.25) is 14.3 Å². The Labute approximate surface area is 162 Å². The van der Waals surface area contributed by atoms with Crippen molar-refractivity contribution < 1.29 is 9.21 Å². The van der Waals surface area contributed by atoms with E-state index in [9.17, 15) is 4.79 Å². The van der Waals surface area contributed by atoms with E-state index in [4.69, 9.17) is 4.42 Å². The highest BCUT2D eigenvalue weighted by atomic mass is 32.2. The second kappa shape index (κ2) is 8.88. The van der Waals surface area contributed by atoms with Crippen LogP contribution in [-0.4, -0.2) is 52.0 Å². The Bertz CT molecular complexity index is 859. The molecule has 0 saturated carbocycles. The Balaban J connectivity index is 1.55. The number of nitrogens with zero attached hydrogens (tertiary/aromatic N) is 4. The van der Waals surface area contributed by atoms with Gasteiger partial charge in [0.2, 0.25) is 5.91 Å². The largest absolute Gasteiger partial charge is 0.468 e. The molecular weight excluding hydrogens is 362 g/mol. The molecular formula is C19H23N5O2S. The summed E-state index contributed by atoms with van der Waals surface area (Å²) >= 11 is 1.36. The lowest BCUT2D eigenvalue weighted by Crippen LogP contribution is -2.35. The van der Waals surface area contributed by atoms with Gasteiger partial charge in [-0.2, -0.15) is 0 Å². The molecule has 0 aliphatic rings. The average molecular weight is 385 g/mol. The molecule has 0 fully saturated rings. The fourth-order valence-corrected chi connectivity index (χ4v) is 3.37. The fraction of sp³-hybridized carbons (Fsp3) is 0.316. The van der Waals surface area contributed by atoms with Crippen molar-refractivity contribution in [2.75, 3.05) is 26.4 Å². The van der Waals surface area contributed by atoms with Crippen molar-refractivity contribution in [2.24, 2.45) is 0 Å². The van der Waals surface area contributed by atoms with Crippen LogP contribution < -0.4 is 5.32 Å². The van der Waals surface area contributed by atoms with Crippen LogP contribution in [0, 0.1) is 6.92 Å². The topological polar surface area (TPSA) is 76.2 Å². The van der Waals surface area contributed by atoms with Gasteiger partial charge in [0.05, 0.1) is 18.1 Å². The maximum Gasteiger partial charge on any atom is 0.230 e. The van der Waals surface area contributed by atoms with E-state index in [1.807, 2.05) is 66.9 Å². The average Bonchev–Trinajstić information content (AvgIpc) is 3.32. The molecule has 0 radical (unpaired) electrons. The summed E-state index contributed by atoms with van der Waals surface area (Å²) in [4.78, 5) is 14.3. The van der Waals surface area contributed by atoms with E-state index in [1.165, 1.54) is 17.3 Å². The van der Waals surface area contributed by atoms with E-state index < -0.39 is 0 Å². The number of carbonyl (C=O) groups is 1. The van der Waals surface area contributed by atoms with Crippen molar-refractivity contribution in [1.29, 1.82) is 0 Å². The van der Waals surface area contributed by atoms with Gasteiger partial charge in [-0.25, -0.2) is 0 Å². The first kappa shape index (κ1) is 19.2. The van der Waals surface area contributed by atoms with Gasteiger partial charge in [0.25, 0.3) is 0 Å². The number of rotatable bonds is 8. The minimum Gasteiger partial charge on any atom is -0.468 e. The summed E-state index contributed by atoms with van der Waals surface area (Å²) in [7, 11) is 3.91. The lowest BCUT2D eigenvalue weighted by atomic mass is 10.2. The normalized spacial score (nSPS) is 12.3. The van der Waals surface area contributed by atoms with Crippen molar-refractivity contribution in [2.45, 2.75) is 18.1 Å². The summed E-state index contributed by atoms with van der Waals surface area (Å²) in [6.07, 6.45) is 3.30. The minimum absolute atomic E-state index is 0.00911. The fourth-order valence-electron chi connectivity index (χ4n) is 2.62. The number of furan rings is 1. The van der Waals surface area contributed by atoms with Crippen LogP contribution >= 0.6 is 11.8 Å². The molecule has 0 aliphatic carbocycles. The molecule has 0 spiro atoms. The van der Waals surface area contributed by atoms with Crippen molar-refractivity contribution in [3.63, 3.8) is 0 Å². The van der Waals surface area contributed by atoms with Crippen LogP contribution in [0.25, 0.3) is 5.69 Å². The molecule has 8 heteroatoms. The second-order valence-corrected chi connectivity index (χ2v) is 7.35. The third-order valence-electron chi connectivity index (χ3n) is 4.15. The molecule has 3 rings (SSSR count). The van der Waals surface area contributed by atoms with Gasteiger partial charge < -0.3 is 9.73 Å². The standard InChI is InChI=1S/C19H23N5O2S/c1-14-6-8-15(9-7-14)24-13-21-22-19(24)27-12-18(25)20-11-16(23(2)3)17-5-4-10-26-17/h4-10,13,16H,11-12H2,1-3H3,(H,20,25). The van der Waals surface area contributed by atoms with Crippen LogP contribution in [0.15, 0.2) is 58.6 Å². The second-order valence-electron chi connectivity index (χ2n) is 6.41. The Kier molecular flexibility index (Phi) is 6.31. The summed E-state index contributed by atoms with van der Waals surface area (Å²) in [6, 6.07) is 11.8. The Morgan fingerprint density at radius 1 is 1.30 bits per heavy atom. The highest BCUT2D eigenvalue weighted by Gasteiger charge is 2.18. The monoisotopic (exact) mass is 385 g/mol. The lowest BCUT2D eigenvalue weighted by Gasteiger charge is -2.22. The molecule has 27 heavy (non-hydrogen) atoms. The lowest BCUT2D eigenvalue weighted by molar-refractivity contribution is -0.118. The van der Waals surface area contributed by atoms with Gasteiger partial charge in [0, 0.05) is 12.2 Å². The highest BCUT2D eigenvalue weighted by Crippen LogP contribution is 2.20. The molecule has 1 aromatic carbocycles. The number of thioether (sulfide) groups is 1. The summed E-state index contributed by atoms with van der Waals surface area (Å²) in [6.45, 7) is 2.52. The number of likely N-dealkylation sites (N-methyl/N-ethyl adjacent to an activating group) is 1. The maximum absolute atomic E-state index is 12.3. The van der Waals surface area contributed by atoms with Crippen LogP contribution in [-0.2, 0) is 4.79 Å². The molecule has 1 amide bonds. The number of hydrogen-bond acceptors (Lipinski definition) is 6. The van der Waals surface area contributed by atoms with Crippen LogP contribution in [0.4, 0.5) is 0 Å². The van der Waals surface area contributed by atoms with E-state index in [-0.39, 0.29) is 17.7 Å². The zero-order chi connectivity index (χ0) is 19.2. The molecule has 1 unspecified atom stereocenters. The van der Waals surface area contributed by atoms with E-state index in [0.29, 0.717) is 11.7 Å². The number of hydrogen-bond donors (Lipinski definition) is 1. The Hall–Kier alpha value is -2.58. The molecule has 2 aromatic heterocycles. The first-order valence-electron chi connectivity index (χ1n) is 8.61. The summed E-state index contributed by atoms with van der Waals surface area (Å²) < 4.78 is 7.34. The zero-order valence-electron chi connectivity index (χ0n) is 15.6. The van der Waals surface area contributed by atoms with Gasteiger partial charge in [0.15, 0.2) is 5.16 Å². The van der Waals surface area contributed by atoms with Crippen LogP contribution in [0.1, 0.15) is 17.4 Å². The van der Waals surface area contributed by atoms with Crippen molar-refractivity contribution >= 4 is 17.7 Å². The van der Waals surface area contributed by atoms with E-state index in [1.54, 1.807) is 12.6 Å². The zero-order valence-corrected chi connectivity index (χ0v) is 16.4. The van der Waals surface area contributed by atoms with Gasteiger partial charge >= 0.3 is 0 Å². The SMILES string of the molecule is Cc1ccc(-n2cnnc2SCC(=O)NCC(c2ccco2)N(C)C)cc1. The predicted molar refractivity (Wildman–Crippen MR) is 105 cm³/mol. The number of nitrogens with one attached hydrogen (secondary N) is 1. The Morgan fingerprint density at radius 2 is 2.07 bits per heavy atom. The van der Waals surface area contributed by atoms with Crippen molar-refractivity contribution in [3.8, 4) is 5.69 Å². The summed E-state index contributed by atoms with van der Waals surface area (Å²) in [5, 5.41) is 11.7. The van der Waals surface area contributed by atoms with E-state index in [2.05, 4.69) is 15.5 Å². The van der Waals surface area contributed by atoms with E-state index >= 15 is 0 Å². The Morgan fingerprint density at radius 3 is 2.74 bits per heavy atom. The minimum atomic E-state index is -0.0585. The molecule has 7 nitrogen and oxygen atoms in total. The highest BCUT2D eigenvalue weighted by molar-refractivity contribution is 7.99. The number of benzene rings is 1. The van der Waals surface area contributed by atoms with Crippen molar-refractivity contribution in [1.82, 2.24) is 25.0 Å². The number of amides is 1.